The van der Waals surface area contributed by atoms with Crippen LogP contribution in [-0.4, -0.2) is 31.0 Å². The van der Waals surface area contributed by atoms with E-state index in [2.05, 4.69) is 30.4 Å². The molecule has 3 heterocycles. The fraction of sp³-hybridized carbons (Fsp3) is 0.368. The maximum Gasteiger partial charge on any atom is 0.325 e. The molecule has 0 radical (unpaired) electrons. The van der Waals surface area contributed by atoms with Gasteiger partial charge in [0.25, 0.3) is 5.56 Å². The summed E-state index contributed by atoms with van der Waals surface area (Å²) in [5, 5.41) is 6.86. The Kier molecular flexibility index (Phi) is 6.01. The van der Waals surface area contributed by atoms with Crippen LogP contribution >= 0.6 is 0 Å². The molecule has 1 amide bonds. The van der Waals surface area contributed by atoms with Gasteiger partial charge in [0.05, 0.1) is 0 Å². The molecule has 0 aliphatic rings. The van der Waals surface area contributed by atoms with Crippen LogP contribution in [0, 0.1) is 12.8 Å². The van der Waals surface area contributed by atoms with E-state index in [1.807, 2.05) is 13.8 Å². The van der Waals surface area contributed by atoms with Crippen LogP contribution in [0.25, 0.3) is 11.4 Å². The highest BCUT2D eigenvalue weighted by Gasteiger charge is 2.25. The molecule has 0 aliphatic carbocycles. The minimum absolute atomic E-state index is 0.00269. The second-order valence-electron chi connectivity index (χ2n) is 6.99. The Morgan fingerprint density at radius 3 is 2.59 bits per heavy atom. The average molecular weight is 398 g/mol. The zero-order chi connectivity index (χ0) is 21.0. The number of aromatic nitrogens is 5. The molecule has 0 bridgehead atoms. The lowest BCUT2D eigenvalue weighted by atomic mass is 10.0. The second-order valence-corrected chi connectivity index (χ2v) is 6.99. The molecule has 0 aromatic carbocycles. The minimum atomic E-state index is -0.568. The highest BCUT2D eigenvalue weighted by molar-refractivity contribution is 5.76. The van der Waals surface area contributed by atoms with Crippen molar-refractivity contribution >= 4 is 5.91 Å². The van der Waals surface area contributed by atoms with Crippen LogP contribution in [0.1, 0.15) is 43.5 Å². The first-order valence-corrected chi connectivity index (χ1v) is 9.20. The molecular weight excluding hydrogens is 376 g/mol. The summed E-state index contributed by atoms with van der Waals surface area (Å²) in [6.45, 7) is 5.48. The largest absolute Gasteiger partial charge is 0.344 e. The molecule has 0 spiro atoms. The number of nitrogens with zero attached hydrogens (tertiary/aromatic N) is 3. The van der Waals surface area contributed by atoms with Gasteiger partial charge in [0.15, 0.2) is 0 Å². The molecule has 1 unspecified atom stereocenters. The second kappa shape index (κ2) is 8.63. The fourth-order valence-electron chi connectivity index (χ4n) is 2.90. The molecule has 10 heteroatoms. The van der Waals surface area contributed by atoms with Crippen molar-refractivity contribution in [3.8, 4) is 11.4 Å². The third kappa shape index (κ3) is 4.84. The van der Waals surface area contributed by atoms with E-state index in [0.29, 0.717) is 23.0 Å². The van der Waals surface area contributed by atoms with E-state index in [0.717, 1.165) is 5.56 Å². The number of carbonyl (C=O) groups is 1. The normalized spacial score (nSPS) is 12.1. The molecule has 0 fully saturated rings. The van der Waals surface area contributed by atoms with E-state index in [1.54, 1.807) is 31.5 Å². The van der Waals surface area contributed by atoms with Gasteiger partial charge in [-0.05, 0) is 31.4 Å². The van der Waals surface area contributed by atoms with Crippen molar-refractivity contribution in [2.24, 2.45) is 5.92 Å². The molecule has 0 saturated heterocycles. The van der Waals surface area contributed by atoms with Gasteiger partial charge in [-0.1, -0.05) is 19.0 Å². The van der Waals surface area contributed by atoms with Gasteiger partial charge in [0.1, 0.15) is 6.04 Å². The zero-order valence-corrected chi connectivity index (χ0v) is 16.4. The van der Waals surface area contributed by atoms with Crippen LogP contribution < -0.4 is 16.6 Å². The number of hydrogen-bond acceptors (Lipinski definition) is 7. The van der Waals surface area contributed by atoms with E-state index < -0.39 is 17.3 Å². The topological polar surface area (TPSA) is 147 Å². The number of carbonyl (C=O) groups excluding carboxylic acids is 1. The van der Waals surface area contributed by atoms with Crippen LogP contribution in [0.2, 0.25) is 0 Å². The first kappa shape index (κ1) is 20.2. The minimum Gasteiger partial charge on any atom is -0.344 e. The molecule has 29 heavy (non-hydrogen) atoms. The summed E-state index contributed by atoms with van der Waals surface area (Å²) < 4.78 is 5.37. The number of aryl methyl sites for hydroxylation is 1. The SMILES string of the molecule is Cc1[nH]c(=O)[nH]c(=O)c1CCC(=O)NC(c1nc(-c2ccncc2)no1)C(C)C. The number of hydrogen-bond donors (Lipinski definition) is 3. The lowest BCUT2D eigenvalue weighted by Crippen LogP contribution is -2.33. The molecule has 152 valence electrons. The van der Waals surface area contributed by atoms with Gasteiger partial charge in [-0.15, -0.1) is 0 Å². The molecule has 10 nitrogen and oxygen atoms in total. The number of aromatic amines is 2. The number of amides is 1. The van der Waals surface area contributed by atoms with Gasteiger partial charge in [0, 0.05) is 35.6 Å². The van der Waals surface area contributed by atoms with Crippen LogP contribution in [0.15, 0.2) is 38.6 Å². The predicted octanol–water partition coefficient (Wildman–Crippen LogP) is 1.26. The van der Waals surface area contributed by atoms with Gasteiger partial charge in [-0.25, -0.2) is 4.79 Å². The molecule has 3 N–H and O–H groups in total. The van der Waals surface area contributed by atoms with Crippen molar-refractivity contribution in [1.82, 2.24) is 30.4 Å². The maximum absolute atomic E-state index is 12.5. The molecule has 1 atom stereocenters. The van der Waals surface area contributed by atoms with E-state index >= 15 is 0 Å². The first-order chi connectivity index (χ1) is 13.8. The maximum atomic E-state index is 12.5. The highest BCUT2D eigenvalue weighted by Crippen LogP contribution is 2.23. The van der Waals surface area contributed by atoms with E-state index in [4.69, 9.17) is 4.52 Å². The highest BCUT2D eigenvalue weighted by atomic mass is 16.5. The van der Waals surface area contributed by atoms with E-state index in [9.17, 15) is 14.4 Å². The Balaban J connectivity index is 1.70. The molecular formula is C19H22N6O4. The Labute approximate surface area is 165 Å². The molecule has 0 saturated carbocycles. The molecule has 3 aromatic rings. The van der Waals surface area contributed by atoms with Gasteiger partial charge in [-0.3, -0.25) is 19.6 Å². The predicted molar refractivity (Wildman–Crippen MR) is 104 cm³/mol. The van der Waals surface area contributed by atoms with Gasteiger partial charge >= 0.3 is 5.69 Å². The molecule has 3 aromatic heterocycles. The van der Waals surface area contributed by atoms with Gasteiger partial charge < -0.3 is 14.8 Å². The van der Waals surface area contributed by atoms with Crippen molar-refractivity contribution in [3.63, 3.8) is 0 Å². The summed E-state index contributed by atoms with van der Waals surface area (Å²) >= 11 is 0. The van der Waals surface area contributed by atoms with Crippen LogP contribution in [-0.2, 0) is 11.2 Å². The van der Waals surface area contributed by atoms with Crippen LogP contribution in [0.5, 0.6) is 0 Å². The summed E-state index contributed by atoms with van der Waals surface area (Å²) in [6.07, 6.45) is 3.53. The van der Waals surface area contributed by atoms with Crippen LogP contribution in [0.3, 0.4) is 0 Å². The lowest BCUT2D eigenvalue weighted by Gasteiger charge is -2.18. The number of nitrogens with one attached hydrogen (secondary N) is 3. The molecule has 0 aliphatic heterocycles. The Morgan fingerprint density at radius 1 is 1.21 bits per heavy atom. The van der Waals surface area contributed by atoms with E-state index in [-0.39, 0.29) is 24.7 Å². The summed E-state index contributed by atoms with van der Waals surface area (Å²) in [6, 6.07) is 3.06. The third-order valence-electron chi connectivity index (χ3n) is 4.49. The van der Waals surface area contributed by atoms with Crippen molar-refractivity contribution in [2.75, 3.05) is 0 Å². The van der Waals surface area contributed by atoms with Crippen molar-refractivity contribution < 1.29 is 9.32 Å². The summed E-state index contributed by atoms with van der Waals surface area (Å²) in [5.41, 5.74) is 0.529. The van der Waals surface area contributed by atoms with Crippen molar-refractivity contribution in [2.45, 2.75) is 39.7 Å². The lowest BCUT2D eigenvalue weighted by molar-refractivity contribution is -0.122. The Bertz CT molecular complexity index is 1100. The fourth-order valence-corrected chi connectivity index (χ4v) is 2.90. The van der Waals surface area contributed by atoms with Gasteiger partial charge in [0.2, 0.25) is 17.6 Å². The first-order valence-electron chi connectivity index (χ1n) is 9.20. The third-order valence-corrected chi connectivity index (χ3v) is 4.49. The van der Waals surface area contributed by atoms with Gasteiger partial charge in [-0.2, -0.15) is 4.98 Å². The summed E-state index contributed by atoms with van der Waals surface area (Å²) in [7, 11) is 0. The molecule has 3 rings (SSSR count). The number of H-pyrrole nitrogens is 2. The van der Waals surface area contributed by atoms with E-state index in [1.165, 1.54) is 0 Å². The standard InChI is InChI=1S/C19H22N6O4/c1-10(2)15(18-23-16(25-29-18)12-6-8-20-9-7-12)22-14(26)5-4-13-11(3)21-19(28)24-17(13)27/h6-10,15H,4-5H2,1-3H3,(H,22,26)(H2,21,24,27,28). The number of pyridine rings is 1. The summed E-state index contributed by atoms with van der Waals surface area (Å²) in [5.74, 6) is 0.455. The monoisotopic (exact) mass is 398 g/mol. The average Bonchev–Trinajstić information content (AvgIpc) is 3.15. The summed E-state index contributed by atoms with van der Waals surface area (Å²) in [4.78, 5) is 48.7. The Morgan fingerprint density at radius 2 is 1.93 bits per heavy atom. The quantitative estimate of drug-likeness (QED) is 0.543. The smallest absolute Gasteiger partial charge is 0.325 e. The Hall–Kier alpha value is -3.56. The zero-order valence-electron chi connectivity index (χ0n) is 16.4. The van der Waals surface area contributed by atoms with Crippen molar-refractivity contribution in [3.05, 3.63) is 62.5 Å². The van der Waals surface area contributed by atoms with Crippen LogP contribution in [0.4, 0.5) is 0 Å². The van der Waals surface area contributed by atoms with Crippen molar-refractivity contribution in [1.29, 1.82) is 0 Å². The number of rotatable bonds is 7.